The molecule has 2 rings (SSSR count). The summed E-state index contributed by atoms with van der Waals surface area (Å²) in [5.41, 5.74) is 1.82. The molecular weight excluding hydrogens is 250 g/mol. The largest absolute Gasteiger partial charge is 0.192 e. The van der Waals surface area contributed by atoms with Crippen LogP contribution in [0.3, 0.4) is 0 Å². The van der Waals surface area contributed by atoms with Crippen LogP contribution in [0.25, 0.3) is 0 Å². The summed E-state index contributed by atoms with van der Waals surface area (Å²) >= 11 is 7.46. The first kappa shape index (κ1) is 12.0. The van der Waals surface area contributed by atoms with Crippen molar-refractivity contribution in [3.8, 4) is 6.07 Å². The SMILES string of the molecule is Cc1ccccc1Sc1ccc(Cl)cc1C#N. The highest BCUT2D eigenvalue weighted by molar-refractivity contribution is 7.99. The highest BCUT2D eigenvalue weighted by Crippen LogP contribution is 2.33. The number of hydrogen-bond donors (Lipinski definition) is 0. The van der Waals surface area contributed by atoms with Crippen molar-refractivity contribution in [2.45, 2.75) is 16.7 Å². The summed E-state index contributed by atoms with van der Waals surface area (Å²) in [5, 5.41) is 9.66. The number of rotatable bonds is 2. The zero-order chi connectivity index (χ0) is 12.3. The van der Waals surface area contributed by atoms with Crippen LogP contribution in [0.4, 0.5) is 0 Å². The van der Waals surface area contributed by atoms with E-state index in [1.165, 1.54) is 5.56 Å². The molecule has 0 spiro atoms. The molecule has 0 unspecified atom stereocenters. The molecule has 0 bridgehead atoms. The highest BCUT2D eigenvalue weighted by Gasteiger charge is 2.06. The Labute approximate surface area is 110 Å². The van der Waals surface area contributed by atoms with Gasteiger partial charge in [0.2, 0.25) is 0 Å². The van der Waals surface area contributed by atoms with Gasteiger partial charge in [0.15, 0.2) is 0 Å². The average molecular weight is 260 g/mol. The Morgan fingerprint density at radius 2 is 1.88 bits per heavy atom. The molecule has 0 aromatic heterocycles. The van der Waals surface area contributed by atoms with Crippen molar-refractivity contribution in [1.82, 2.24) is 0 Å². The molecule has 0 aliphatic carbocycles. The predicted octanol–water partition coefficient (Wildman–Crippen LogP) is 4.67. The van der Waals surface area contributed by atoms with Gasteiger partial charge in [-0.05, 0) is 36.8 Å². The highest BCUT2D eigenvalue weighted by atomic mass is 35.5. The smallest absolute Gasteiger partial charge is 0.100 e. The Morgan fingerprint density at radius 1 is 1.12 bits per heavy atom. The molecule has 2 aromatic carbocycles. The van der Waals surface area contributed by atoms with E-state index < -0.39 is 0 Å². The first-order valence-electron chi connectivity index (χ1n) is 5.14. The van der Waals surface area contributed by atoms with E-state index >= 15 is 0 Å². The van der Waals surface area contributed by atoms with Gasteiger partial charge in [-0.1, -0.05) is 41.6 Å². The number of aryl methyl sites for hydroxylation is 1. The van der Waals surface area contributed by atoms with Gasteiger partial charge in [0.05, 0.1) is 5.56 Å². The van der Waals surface area contributed by atoms with Crippen LogP contribution in [0.5, 0.6) is 0 Å². The van der Waals surface area contributed by atoms with E-state index in [9.17, 15) is 0 Å². The molecule has 3 heteroatoms. The van der Waals surface area contributed by atoms with Gasteiger partial charge in [-0.15, -0.1) is 0 Å². The fourth-order valence-electron chi connectivity index (χ4n) is 1.47. The molecular formula is C14H10ClNS. The molecule has 0 N–H and O–H groups in total. The average Bonchev–Trinajstić information content (AvgIpc) is 2.34. The molecule has 0 fully saturated rings. The van der Waals surface area contributed by atoms with E-state index in [2.05, 4.69) is 25.1 Å². The van der Waals surface area contributed by atoms with Crippen molar-refractivity contribution in [3.05, 3.63) is 58.6 Å². The molecule has 84 valence electrons. The lowest BCUT2D eigenvalue weighted by Crippen LogP contribution is -1.83. The van der Waals surface area contributed by atoms with E-state index in [0.29, 0.717) is 10.6 Å². The minimum Gasteiger partial charge on any atom is -0.192 e. The van der Waals surface area contributed by atoms with E-state index in [-0.39, 0.29) is 0 Å². The minimum absolute atomic E-state index is 0.593. The van der Waals surface area contributed by atoms with Crippen molar-refractivity contribution >= 4 is 23.4 Å². The second-order valence-corrected chi connectivity index (χ2v) is 5.14. The van der Waals surface area contributed by atoms with Crippen LogP contribution in [-0.2, 0) is 0 Å². The Morgan fingerprint density at radius 3 is 2.59 bits per heavy atom. The van der Waals surface area contributed by atoms with Crippen LogP contribution in [0.1, 0.15) is 11.1 Å². The molecule has 0 atom stereocenters. The molecule has 0 aliphatic rings. The maximum Gasteiger partial charge on any atom is 0.100 e. The molecule has 2 aromatic rings. The lowest BCUT2D eigenvalue weighted by Gasteiger charge is -2.06. The van der Waals surface area contributed by atoms with E-state index in [4.69, 9.17) is 16.9 Å². The van der Waals surface area contributed by atoms with Crippen LogP contribution < -0.4 is 0 Å². The fraction of sp³-hybridized carbons (Fsp3) is 0.0714. The van der Waals surface area contributed by atoms with Crippen molar-refractivity contribution in [1.29, 1.82) is 5.26 Å². The molecule has 0 radical (unpaired) electrons. The molecule has 0 heterocycles. The molecule has 0 saturated carbocycles. The fourth-order valence-corrected chi connectivity index (χ4v) is 2.60. The van der Waals surface area contributed by atoms with Crippen molar-refractivity contribution < 1.29 is 0 Å². The van der Waals surface area contributed by atoms with Crippen LogP contribution >= 0.6 is 23.4 Å². The first-order valence-corrected chi connectivity index (χ1v) is 6.33. The Hall–Kier alpha value is -1.43. The summed E-state index contributed by atoms with van der Waals surface area (Å²) in [4.78, 5) is 2.09. The summed E-state index contributed by atoms with van der Waals surface area (Å²) in [6, 6.07) is 15.7. The number of nitriles is 1. The standard InChI is InChI=1S/C14H10ClNS/c1-10-4-2-3-5-13(10)17-14-7-6-12(15)8-11(14)9-16/h2-8H,1H3. The van der Waals surface area contributed by atoms with E-state index in [1.807, 2.05) is 24.3 Å². The maximum absolute atomic E-state index is 9.07. The van der Waals surface area contributed by atoms with Gasteiger partial charge >= 0.3 is 0 Å². The number of hydrogen-bond acceptors (Lipinski definition) is 2. The number of halogens is 1. The lowest BCUT2D eigenvalue weighted by molar-refractivity contribution is 1.28. The molecule has 17 heavy (non-hydrogen) atoms. The maximum atomic E-state index is 9.07. The molecule has 0 amide bonds. The zero-order valence-electron chi connectivity index (χ0n) is 9.27. The summed E-state index contributed by atoms with van der Waals surface area (Å²) in [6.45, 7) is 2.06. The Kier molecular flexibility index (Phi) is 3.73. The van der Waals surface area contributed by atoms with Gasteiger partial charge in [-0.3, -0.25) is 0 Å². The minimum atomic E-state index is 0.593. The second-order valence-electron chi connectivity index (χ2n) is 3.62. The van der Waals surface area contributed by atoms with Gasteiger partial charge in [0.1, 0.15) is 6.07 Å². The van der Waals surface area contributed by atoms with Crippen LogP contribution in [-0.4, -0.2) is 0 Å². The van der Waals surface area contributed by atoms with Gasteiger partial charge in [-0.2, -0.15) is 5.26 Å². The number of benzene rings is 2. The third kappa shape index (κ3) is 2.82. The van der Waals surface area contributed by atoms with Crippen molar-refractivity contribution in [2.75, 3.05) is 0 Å². The Balaban J connectivity index is 2.37. The van der Waals surface area contributed by atoms with Crippen LogP contribution in [0, 0.1) is 18.3 Å². The predicted molar refractivity (Wildman–Crippen MR) is 71.5 cm³/mol. The molecule has 0 saturated heterocycles. The lowest BCUT2D eigenvalue weighted by atomic mass is 10.2. The summed E-state index contributed by atoms with van der Waals surface area (Å²) in [5.74, 6) is 0. The quantitative estimate of drug-likeness (QED) is 0.782. The third-order valence-corrected chi connectivity index (χ3v) is 3.86. The third-order valence-electron chi connectivity index (χ3n) is 2.38. The van der Waals surface area contributed by atoms with Crippen molar-refractivity contribution in [3.63, 3.8) is 0 Å². The van der Waals surface area contributed by atoms with Gasteiger partial charge in [0.25, 0.3) is 0 Å². The summed E-state index contributed by atoms with van der Waals surface area (Å²) in [6.07, 6.45) is 0. The monoisotopic (exact) mass is 259 g/mol. The van der Waals surface area contributed by atoms with Crippen LogP contribution in [0.15, 0.2) is 52.3 Å². The zero-order valence-corrected chi connectivity index (χ0v) is 10.8. The summed E-state index contributed by atoms with van der Waals surface area (Å²) < 4.78 is 0. The van der Waals surface area contributed by atoms with E-state index in [0.717, 1.165) is 9.79 Å². The molecule has 0 aliphatic heterocycles. The number of nitrogens with zero attached hydrogens (tertiary/aromatic N) is 1. The molecule has 1 nitrogen and oxygen atoms in total. The van der Waals surface area contributed by atoms with Crippen molar-refractivity contribution in [2.24, 2.45) is 0 Å². The summed E-state index contributed by atoms with van der Waals surface area (Å²) in [7, 11) is 0. The normalized spacial score (nSPS) is 9.94. The first-order chi connectivity index (χ1) is 8.20. The topological polar surface area (TPSA) is 23.8 Å². The van der Waals surface area contributed by atoms with Gasteiger partial charge in [0, 0.05) is 14.8 Å². The van der Waals surface area contributed by atoms with Crippen LogP contribution in [0.2, 0.25) is 5.02 Å². The van der Waals surface area contributed by atoms with E-state index in [1.54, 1.807) is 17.8 Å². The second kappa shape index (κ2) is 5.27. The van der Waals surface area contributed by atoms with Gasteiger partial charge in [-0.25, -0.2) is 0 Å². The van der Waals surface area contributed by atoms with Gasteiger partial charge < -0.3 is 0 Å². The Bertz CT molecular complexity index is 587.